The molecule has 0 bridgehead atoms. The highest BCUT2D eigenvalue weighted by atomic mass is 16.6. The first-order valence-electron chi connectivity index (χ1n) is 9.72. The Balaban J connectivity index is 1.45. The molecule has 1 aliphatic rings. The summed E-state index contributed by atoms with van der Waals surface area (Å²) in [5.41, 5.74) is 1.15. The highest BCUT2D eigenvalue weighted by molar-refractivity contribution is 6.34. The van der Waals surface area contributed by atoms with E-state index >= 15 is 0 Å². The molecule has 0 radical (unpaired) electrons. The maximum atomic E-state index is 12.7. The Hall–Kier alpha value is -4.73. The molecular formula is C23H17N3O7. The van der Waals surface area contributed by atoms with E-state index < -0.39 is 22.6 Å². The molecule has 0 aromatic heterocycles. The van der Waals surface area contributed by atoms with E-state index in [2.05, 4.69) is 5.32 Å². The Labute approximate surface area is 187 Å². The molecule has 1 heterocycles. The molecule has 3 amide bonds. The van der Waals surface area contributed by atoms with Crippen LogP contribution in [0.15, 0.2) is 66.7 Å². The Morgan fingerprint density at radius 1 is 1.00 bits per heavy atom. The van der Waals surface area contributed by atoms with Crippen molar-refractivity contribution in [1.29, 1.82) is 0 Å². The van der Waals surface area contributed by atoms with E-state index in [1.807, 2.05) is 0 Å². The normalized spacial score (nSPS) is 12.3. The molecule has 0 atom stereocenters. The SMILES string of the molecule is COc1cc(NC(=O)COc2ccc([N+](=O)[O-])cc2)ccc1N1C(=O)c2ccccc2C1=O. The maximum Gasteiger partial charge on any atom is 0.269 e. The molecule has 0 spiro atoms. The lowest BCUT2D eigenvalue weighted by Crippen LogP contribution is -2.29. The Bertz CT molecular complexity index is 1240. The number of benzene rings is 3. The number of rotatable bonds is 7. The summed E-state index contributed by atoms with van der Waals surface area (Å²) < 4.78 is 10.7. The number of nitro benzene ring substituents is 1. The van der Waals surface area contributed by atoms with E-state index in [0.717, 1.165) is 4.90 Å². The lowest BCUT2D eigenvalue weighted by Gasteiger charge is -2.18. The first kappa shape index (κ1) is 21.5. The number of hydrogen-bond acceptors (Lipinski definition) is 7. The number of imide groups is 1. The molecule has 0 unspecified atom stereocenters. The van der Waals surface area contributed by atoms with Gasteiger partial charge in [0, 0.05) is 23.9 Å². The van der Waals surface area contributed by atoms with Crippen molar-refractivity contribution in [3.05, 3.63) is 88.0 Å². The van der Waals surface area contributed by atoms with Crippen LogP contribution < -0.4 is 19.7 Å². The fraction of sp³-hybridized carbons (Fsp3) is 0.0870. The van der Waals surface area contributed by atoms with Crippen LogP contribution in [0.2, 0.25) is 0 Å². The number of amides is 3. The standard InChI is InChI=1S/C23H17N3O7/c1-32-20-12-14(24-21(27)13-33-16-9-7-15(8-10-16)26(30)31)6-11-19(20)25-22(28)17-4-2-3-5-18(17)23(25)29/h2-12H,13H2,1H3,(H,24,27). The number of methoxy groups -OCH3 is 1. The zero-order valence-corrected chi connectivity index (χ0v) is 17.3. The lowest BCUT2D eigenvalue weighted by atomic mass is 10.1. The quantitative estimate of drug-likeness (QED) is 0.334. The Morgan fingerprint density at radius 2 is 1.64 bits per heavy atom. The van der Waals surface area contributed by atoms with Crippen LogP contribution >= 0.6 is 0 Å². The number of hydrogen-bond donors (Lipinski definition) is 1. The lowest BCUT2D eigenvalue weighted by molar-refractivity contribution is -0.384. The topological polar surface area (TPSA) is 128 Å². The Morgan fingerprint density at radius 3 is 2.21 bits per heavy atom. The third-order valence-corrected chi connectivity index (χ3v) is 4.92. The minimum Gasteiger partial charge on any atom is -0.494 e. The highest BCUT2D eigenvalue weighted by Crippen LogP contribution is 2.36. The molecule has 33 heavy (non-hydrogen) atoms. The predicted molar refractivity (Wildman–Crippen MR) is 118 cm³/mol. The number of nitrogens with one attached hydrogen (secondary N) is 1. The molecule has 10 heteroatoms. The summed E-state index contributed by atoms with van der Waals surface area (Å²) in [4.78, 5) is 48.9. The van der Waals surface area contributed by atoms with Gasteiger partial charge in [-0.2, -0.15) is 0 Å². The van der Waals surface area contributed by atoms with Gasteiger partial charge in [0.05, 0.1) is 28.8 Å². The summed E-state index contributed by atoms with van der Waals surface area (Å²) in [6.07, 6.45) is 0. The van der Waals surface area contributed by atoms with Gasteiger partial charge in [-0.15, -0.1) is 0 Å². The summed E-state index contributed by atoms with van der Waals surface area (Å²) in [6.45, 7) is -0.333. The van der Waals surface area contributed by atoms with Gasteiger partial charge in [-0.3, -0.25) is 24.5 Å². The fourth-order valence-electron chi connectivity index (χ4n) is 3.36. The molecule has 4 rings (SSSR count). The number of fused-ring (bicyclic) bond motifs is 1. The van der Waals surface area contributed by atoms with Crippen molar-refractivity contribution < 1.29 is 28.8 Å². The van der Waals surface area contributed by atoms with Gasteiger partial charge in [-0.05, 0) is 36.4 Å². The number of anilines is 2. The van der Waals surface area contributed by atoms with Gasteiger partial charge >= 0.3 is 0 Å². The monoisotopic (exact) mass is 447 g/mol. The van der Waals surface area contributed by atoms with Gasteiger partial charge < -0.3 is 14.8 Å². The van der Waals surface area contributed by atoms with Crippen molar-refractivity contribution in [3.8, 4) is 11.5 Å². The number of carbonyl (C=O) groups excluding carboxylic acids is 3. The number of ether oxygens (including phenoxy) is 2. The number of non-ortho nitro benzene ring substituents is 1. The average Bonchev–Trinajstić information content (AvgIpc) is 3.08. The molecule has 0 aliphatic carbocycles. The number of nitrogens with zero attached hydrogens (tertiary/aromatic N) is 2. The first-order valence-corrected chi connectivity index (χ1v) is 9.72. The molecule has 3 aromatic carbocycles. The summed E-state index contributed by atoms with van der Waals surface area (Å²) in [7, 11) is 1.39. The molecule has 166 valence electrons. The number of carbonyl (C=O) groups is 3. The average molecular weight is 447 g/mol. The van der Waals surface area contributed by atoms with Gasteiger partial charge in [0.15, 0.2) is 6.61 Å². The minimum atomic E-state index is -0.532. The molecule has 0 fully saturated rings. The van der Waals surface area contributed by atoms with E-state index in [9.17, 15) is 24.5 Å². The highest BCUT2D eigenvalue weighted by Gasteiger charge is 2.37. The minimum absolute atomic E-state index is 0.0861. The van der Waals surface area contributed by atoms with Gasteiger partial charge in [0.2, 0.25) is 0 Å². The van der Waals surface area contributed by atoms with Crippen LogP contribution in [-0.4, -0.2) is 36.4 Å². The molecule has 1 N–H and O–H groups in total. The van der Waals surface area contributed by atoms with E-state index in [4.69, 9.17) is 9.47 Å². The smallest absolute Gasteiger partial charge is 0.269 e. The number of nitro groups is 1. The largest absolute Gasteiger partial charge is 0.494 e. The second-order valence-corrected chi connectivity index (χ2v) is 6.97. The van der Waals surface area contributed by atoms with E-state index in [-0.39, 0.29) is 23.7 Å². The summed E-state index contributed by atoms with van der Waals surface area (Å²) in [5.74, 6) is -0.874. The second kappa shape index (κ2) is 8.79. The van der Waals surface area contributed by atoms with Gasteiger partial charge in [-0.25, -0.2) is 4.90 Å². The maximum absolute atomic E-state index is 12.7. The van der Waals surface area contributed by atoms with Crippen molar-refractivity contribution in [2.75, 3.05) is 23.9 Å². The van der Waals surface area contributed by atoms with Crippen LogP contribution in [0.3, 0.4) is 0 Å². The van der Waals surface area contributed by atoms with Crippen LogP contribution in [-0.2, 0) is 4.79 Å². The molecule has 3 aromatic rings. The zero-order valence-electron chi connectivity index (χ0n) is 17.3. The van der Waals surface area contributed by atoms with E-state index in [1.165, 1.54) is 49.6 Å². The van der Waals surface area contributed by atoms with Gasteiger partial charge in [-0.1, -0.05) is 12.1 Å². The van der Waals surface area contributed by atoms with Crippen LogP contribution in [0.4, 0.5) is 17.1 Å². The molecule has 1 aliphatic heterocycles. The van der Waals surface area contributed by atoms with Crippen LogP contribution in [0.25, 0.3) is 0 Å². The van der Waals surface area contributed by atoms with Crippen LogP contribution in [0.1, 0.15) is 20.7 Å². The summed E-state index contributed by atoms with van der Waals surface area (Å²) >= 11 is 0. The van der Waals surface area contributed by atoms with Gasteiger partial charge in [0.25, 0.3) is 23.4 Å². The van der Waals surface area contributed by atoms with Crippen LogP contribution in [0, 0.1) is 10.1 Å². The van der Waals surface area contributed by atoms with E-state index in [0.29, 0.717) is 22.6 Å². The molecule has 0 saturated heterocycles. The van der Waals surface area contributed by atoms with Crippen molar-refractivity contribution >= 4 is 34.8 Å². The second-order valence-electron chi connectivity index (χ2n) is 6.97. The van der Waals surface area contributed by atoms with Gasteiger partial charge in [0.1, 0.15) is 11.5 Å². The Kier molecular flexibility index (Phi) is 5.73. The van der Waals surface area contributed by atoms with Crippen molar-refractivity contribution in [2.24, 2.45) is 0 Å². The van der Waals surface area contributed by atoms with Crippen molar-refractivity contribution in [2.45, 2.75) is 0 Å². The third kappa shape index (κ3) is 4.22. The summed E-state index contributed by atoms with van der Waals surface area (Å²) in [5, 5.41) is 13.3. The molecule has 10 nitrogen and oxygen atoms in total. The molecular weight excluding hydrogens is 430 g/mol. The third-order valence-electron chi connectivity index (χ3n) is 4.92. The zero-order chi connectivity index (χ0) is 23.5. The fourth-order valence-corrected chi connectivity index (χ4v) is 3.36. The van der Waals surface area contributed by atoms with Crippen molar-refractivity contribution in [1.82, 2.24) is 0 Å². The van der Waals surface area contributed by atoms with Crippen molar-refractivity contribution in [3.63, 3.8) is 0 Å². The predicted octanol–water partition coefficient (Wildman–Crippen LogP) is 3.42. The molecule has 0 saturated carbocycles. The summed E-state index contributed by atoms with van der Waals surface area (Å²) in [6, 6.07) is 16.4. The first-order chi connectivity index (χ1) is 15.9. The van der Waals surface area contributed by atoms with Crippen LogP contribution in [0.5, 0.6) is 11.5 Å². The van der Waals surface area contributed by atoms with E-state index in [1.54, 1.807) is 24.3 Å².